The summed E-state index contributed by atoms with van der Waals surface area (Å²) in [7, 11) is 0. The zero-order valence-corrected chi connectivity index (χ0v) is 19.9. The predicted octanol–water partition coefficient (Wildman–Crippen LogP) is 7.70. The first kappa shape index (κ1) is 23.3. The lowest BCUT2D eigenvalue weighted by atomic mass is 9.99. The summed E-state index contributed by atoms with van der Waals surface area (Å²) in [5, 5.41) is 4.56. The van der Waals surface area contributed by atoms with Crippen LogP contribution in [-0.4, -0.2) is 18.1 Å². The molecule has 0 amide bonds. The number of rotatable bonds is 8. The van der Waals surface area contributed by atoms with E-state index >= 15 is 0 Å². The van der Waals surface area contributed by atoms with Gasteiger partial charge in [-0.05, 0) is 51.1 Å². The first-order valence-electron chi connectivity index (χ1n) is 11.4. The molecule has 34 heavy (non-hydrogen) atoms. The minimum Gasteiger partial charge on any atom is -0.366 e. The van der Waals surface area contributed by atoms with Crippen LogP contribution < -0.4 is 4.90 Å². The second kappa shape index (κ2) is 10.8. The van der Waals surface area contributed by atoms with Crippen molar-refractivity contribution in [1.82, 2.24) is 0 Å². The molecule has 4 rings (SSSR count). The van der Waals surface area contributed by atoms with Crippen LogP contribution in [0.1, 0.15) is 31.9 Å². The van der Waals surface area contributed by atoms with E-state index in [4.69, 9.17) is 9.57 Å². The van der Waals surface area contributed by atoms with Crippen molar-refractivity contribution in [3.05, 3.63) is 126 Å². The Balaban J connectivity index is 1.82. The van der Waals surface area contributed by atoms with E-state index in [-0.39, 0.29) is 12.4 Å². The smallest absolute Gasteiger partial charge is 0.217 e. The van der Waals surface area contributed by atoms with Crippen molar-refractivity contribution in [2.45, 2.75) is 26.4 Å². The number of hydrogen-bond acceptors (Lipinski definition) is 4. The lowest BCUT2D eigenvalue weighted by Gasteiger charge is -2.28. The fourth-order valence-electron chi connectivity index (χ4n) is 3.60. The molecule has 0 spiro atoms. The molecule has 4 nitrogen and oxygen atoms in total. The van der Waals surface area contributed by atoms with Crippen LogP contribution in [-0.2, 0) is 9.57 Å². The summed E-state index contributed by atoms with van der Waals surface area (Å²) >= 11 is 0. The van der Waals surface area contributed by atoms with Gasteiger partial charge in [-0.2, -0.15) is 0 Å². The number of anilines is 3. The standard InChI is InChI=1S/C30H30N2O2/c1-30(2,3)33-23-34-31-29(24-15-7-4-8-16-24)27-21-13-14-22-28(27)32(25-17-9-5-10-18-25)26-19-11-6-12-20-26/h4-22H,23H2,1-3H3/b31-29+. The van der Waals surface area contributed by atoms with Gasteiger partial charge in [-0.25, -0.2) is 0 Å². The number of para-hydroxylation sites is 3. The maximum Gasteiger partial charge on any atom is 0.217 e. The Morgan fingerprint density at radius 3 is 1.74 bits per heavy atom. The first-order valence-corrected chi connectivity index (χ1v) is 11.4. The molecule has 0 saturated carbocycles. The van der Waals surface area contributed by atoms with Crippen LogP contribution in [0.3, 0.4) is 0 Å². The second-order valence-electron chi connectivity index (χ2n) is 8.83. The van der Waals surface area contributed by atoms with Crippen molar-refractivity contribution >= 4 is 22.8 Å². The highest BCUT2D eigenvalue weighted by Gasteiger charge is 2.20. The van der Waals surface area contributed by atoms with Crippen molar-refractivity contribution < 1.29 is 9.57 Å². The summed E-state index contributed by atoms with van der Waals surface area (Å²) in [6.07, 6.45) is 0. The Morgan fingerprint density at radius 1 is 0.676 bits per heavy atom. The quantitative estimate of drug-likeness (QED) is 0.119. The van der Waals surface area contributed by atoms with Gasteiger partial charge in [-0.1, -0.05) is 90.1 Å². The van der Waals surface area contributed by atoms with Gasteiger partial charge in [0.25, 0.3) is 0 Å². The van der Waals surface area contributed by atoms with Gasteiger partial charge < -0.3 is 14.5 Å². The topological polar surface area (TPSA) is 34.1 Å². The Kier molecular flexibility index (Phi) is 7.41. The molecule has 0 radical (unpaired) electrons. The van der Waals surface area contributed by atoms with Gasteiger partial charge in [-0.3, -0.25) is 0 Å². The monoisotopic (exact) mass is 450 g/mol. The van der Waals surface area contributed by atoms with Gasteiger partial charge in [0.2, 0.25) is 6.79 Å². The van der Waals surface area contributed by atoms with Crippen molar-refractivity contribution in [2.75, 3.05) is 11.7 Å². The third-order valence-electron chi connectivity index (χ3n) is 5.18. The molecule has 4 aromatic carbocycles. The van der Waals surface area contributed by atoms with Crippen LogP contribution in [0.15, 0.2) is 120 Å². The van der Waals surface area contributed by atoms with E-state index in [2.05, 4.69) is 46.5 Å². The molecule has 0 fully saturated rings. The third kappa shape index (κ3) is 5.91. The molecule has 0 saturated heterocycles. The normalized spacial score (nSPS) is 11.8. The maximum absolute atomic E-state index is 5.73. The van der Waals surface area contributed by atoms with E-state index < -0.39 is 0 Å². The lowest BCUT2D eigenvalue weighted by molar-refractivity contribution is -0.119. The van der Waals surface area contributed by atoms with Crippen LogP contribution >= 0.6 is 0 Å². The van der Waals surface area contributed by atoms with Gasteiger partial charge >= 0.3 is 0 Å². The van der Waals surface area contributed by atoms with Crippen LogP contribution in [0.25, 0.3) is 0 Å². The fourth-order valence-corrected chi connectivity index (χ4v) is 3.60. The van der Waals surface area contributed by atoms with E-state index in [9.17, 15) is 0 Å². The Morgan fingerprint density at radius 2 is 1.18 bits per heavy atom. The zero-order valence-electron chi connectivity index (χ0n) is 19.9. The Bertz CT molecular complexity index is 1160. The van der Waals surface area contributed by atoms with E-state index in [0.717, 1.165) is 33.9 Å². The molecule has 4 heteroatoms. The van der Waals surface area contributed by atoms with Crippen LogP contribution in [0, 0.1) is 0 Å². The summed E-state index contributed by atoms with van der Waals surface area (Å²) in [4.78, 5) is 7.91. The van der Waals surface area contributed by atoms with Gasteiger partial charge in [0.1, 0.15) is 5.71 Å². The van der Waals surface area contributed by atoms with E-state index in [1.807, 2.05) is 99.6 Å². The maximum atomic E-state index is 5.73. The average Bonchev–Trinajstić information content (AvgIpc) is 2.86. The van der Waals surface area contributed by atoms with Gasteiger partial charge in [0, 0.05) is 22.5 Å². The minimum atomic E-state index is -0.308. The van der Waals surface area contributed by atoms with Gasteiger partial charge in [0.05, 0.1) is 11.3 Å². The fraction of sp³-hybridized carbons (Fsp3) is 0.167. The van der Waals surface area contributed by atoms with Crippen LogP contribution in [0.5, 0.6) is 0 Å². The minimum absolute atomic E-state index is 0.0725. The van der Waals surface area contributed by atoms with Crippen LogP contribution in [0.2, 0.25) is 0 Å². The lowest BCUT2D eigenvalue weighted by Crippen LogP contribution is -2.20. The van der Waals surface area contributed by atoms with Gasteiger partial charge in [-0.15, -0.1) is 0 Å². The van der Waals surface area contributed by atoms with E-state index in [0.29, 0.717) is 0 Å². The Hall–Kier alpha value is -3.89. The average molecular weight is 451 g/mol. The Labute approximate surface area is 202 Å². The molecule has 0 N–H and O–H groups in total. The first-order chi connectivity index (χ1) is 16.5. The van der Waals surface area contributed by atoms with Gasteiger partial charge in [0.15, 0.2) is 0 Å². The third-order valence-corrected chi connectivity index (χ3v) is 5.18. The predicted molar refractivity (Wildman–Crippen MR) is 140 cm³/mol. The second-order valence-corrected chi connectivity index (χ2v) is 8.83. The number of benzene rings is 4. The molecule has 0 aromatic heterocycles. The molecule has 0 aliphatic rings. The highest BCUT2D eigenvalue weighted by molar-refractivity contribution is 6.16. The van der Waals surface area contributed by atoms with E-state index in [1.54, 1.807) is 0 Å². The molecular formula is C30H30N2O2. The molecule has 0 unspecified atom stereocenters. The zero-order chi connectivity index (χ0) is 23.8. The number of nitrogens with zero attached hydrogens (tertiary/aromatic N) is 2. The summed E-state index contributed by atoms with van der Waals surface area (Å²) in [5.74, 6) is 0. The molecule has 4 aromatic rings. The van der Waals surface area contributed by atoms with Crippen LogP contribution in [0.4, 0.5) is 17.1 Å². The van der Waals surface area contributed by atoms with Crippen molar-refractivity contribution in [3.63, 3.8) is 0 Å². The highest BCUT2D eigenvalue weighted by atomic mass is 16.7. The molecule has 0 heterocycles. The number of hydrogen-bond donors (Lipinski definition) is 0. The van der Waals surface area contributed by atoms with Crippen molar-refractivity contribution in [1.29, 1.82) is 0 Å². The largest absolute Gasteiger partial charge is 0.366 e. The van der Waals surface area contributed by atoms with E-state index in [1.165, 1.54) is 0 Å². The molecule has 0 aliphatic heterocycles. The molecule has 172 valence electrons. The van der Waals surface area contributed by atoms with Crippen molar-refractivity contribution in [2.24, 2.45) is 5.16 Å². The molecular weight excluding hydrogens is 420 g/mol. The number of oxime groups is 1. The highest BCUT2D eigenvalue weighted by Crippen LogP contribution is 2.37. The summed E-state index contributed by atoms with van der Waals surface area (Å²) in [5.41, 5.74) is 5.48. The number of ether oxygens (including phenoxy) is 1. The van der Waals surface area contributed by atoms with Crippen molar-refractivity contribution in [3.8, 4) is 0 Å². The molecule has 0 bridgehead atoms. The summed E-state index contributed by atoms with van der Waals surface area (Å²) in [6, 6.07) is 39.0. The summed E-state index contributed by atoms with van der Waals surface area (Å²) in [6.45, 7) is 6.05. The summed E-state index contributed by atoms with van der Waals surface area (Å²) < 4.78 is 5.73. The molecule has 0 aliphatic carbocycles. The molecule has 0 atom stereocenters. The SMILES string of the molecule is CC(C)(C)OCO/N=C(\c1ccccc1)c1ccccc1N(c1ccccc1)c1ccccc1.